The molecule has 0 bridgehead atoms. The zero-order valence-corrected chi connectivity index (χ0v) is 17.3. The molecule has 1 aliphatic rings. The van der Waals surface area contributed by atoms with Gasteiger partial charge in [0.05, 0.1) is 13.7 Å². The number of hydrogen-bond donors (Lipinski definition) is 1. The maximum Gasteiger partial charge on any atom is 0.417 e. The minimum absolute atomic E-state index is 0.00451. The summed E-state index contributed by atoms with van der Waals surface area (Å²) in [7, 11) is 2.50. The Bertz CT molecular complexity index is 1020. The number of alkyl halides is 3. The number of ether oxygens (including phenoxy) is 3. The van der Waals surface area contributed by atoms with Crippen LogP contribution in [0.25, 0.3) is 0 Å². The van der Waals surface area contributed by atoms with Crippen molar-refractivity contribution in [3.63, 3.8) is 0 Å². The summed E-state index contributed by atoms with van der Waals surface area (Å²) in [6.45, 7) is 2.23. The molecule has 3 rings (SSSR count). The zero-order valence-electron chi connectivity index (χ0n) is 17.3. The molecule has 2 aromatic rings. The van der Waals surface area contributed by atoms with Crippen molar-refractivity contribution in [3.8, 4) is 5.75 Å². The number of halogens is 5. The van der Waals surface area contributed by atoms with Crippen LogP contribution in [-0.4, -0.2) is 31.0 Å². The Labute approximate surface area is 175 Å². The Hall–Kier alpha value is -2.46. The molecular formula is C21H22F5NO4. The van der Waals surface area contributed by atoms with Gasteiger partial charge in [-0.25, -0.2) is 4.39 Å². The molecule has 1 aliphatic heterocycles. The molecule has 0 spiro atoms. The lowest BCUT2D eigenvalue weighted by atomic mass is 9.76. The monoisotopic (exact) mass is 447 g/mol. The molecular weight excluding hydrogens is 425 g/mol. The number of nitrogens with one attached hydrogen (secondary N) is 1. The molecule has 5 nitrogen and oxygen atoms in total. The summed E-state index contributed by atoms with van der Waals surface area (Å²) >= 11 is 0. The molecule has 0 unspecified atom stereocenters. The Kier molecular flexibility index (Phi) is 6.16. The van der Waals surface area contributed by atoms with Gasteiger partial charge in [0.1, 0.15) is 6.10 Å². The van der Waals surface area contributed by atoms with E-state index in [1.807, 2.05) is 0 Å². The maximum atomic E-state index is 14.4. The van der Waals surface area contributed by atoms with Gasteiger partial charge in [0.25, 0.3) is 0 Å². The SMILES string of the molecule is COCc1cc(=O)cc([C@@H]2O[C@@](C)(C(F)(F)F)[C@@H](C)[C@H]2c2ccc(F)c(F)c2OC)[nH]1. The van der Waals surface area contributed by atoms with Gasteiger partial charge in [0, 0.05) is 48.0 Å². The third-order valence-electron chi connectivity index (χ3n) is 5.84. The first kappa shape index (κ1) is 23.2. The summed E-state index contributed by atoms with van der Waals surface area (Å²) in [5.41, 5.74) is -2.68. The van der Waals surface area contributed by atoms with Crippen LogP contribution in [0.2, 0.25) is 0 Å². The van der Waals surface area contributed by atoms with Crippen molar-refractivity contribution >= 4 is 0 Å². The van der Waals surface area contributed by atoms with Crippen molar-refractivity contribution in [2.45, 2.75) is 44.3 Å². The van der Waals surface area contributed by atoms with E-state index in [2.05, 4.69) is 4.98 Å². The van der Waals surface area contributed by atoms with Crippen molar-refractivity contribution in [1.29, 1.82) is 0 Å². The fraction of sp³-hybridized carbons (Fsp3) is 0.476. The van der Waals surface area contributed by atoms with Gasteiger partial charge < -0.3 is 19.2 Å². The van der Waals surface area contributed by atoms with E-state index < -0.39 is 52.5 Å². The van der Waals surface area contributed by atoms with E-state index in [0.717, 1.165) is 26.2 Å². The molecule has 0 saturated carbocycles. The van der Waals surface area contributed by atoms with Crippen LogP contribution in [0, 0.1) is 17.6 Å². The Morgan fingerprint density at radius 3 is 2.45 bits per heavy atom. The Balaban J connectivity index is 2.24. The molecule has 1 fully saturated rings. The second-order valence-corrected chi connectivity index (χ2v) is 7.67. The zero-order chi connectivity index (χ0) is 23.1. The Morgan fingerprint density at radius 2 is 1.87 bits per heavy atom. The summed E-state index contributed by atoms with van der Waals surface area (Å²) < 4.78 is 85.7. The van der Waals surface area contributed by atoms with E-state index in [0.29, 0.717) is 5.69 Å². The van der Waals surface area contributed by atoms with Gasteiger partial charge in [-0.2, -0.15) is 17.6 Å². The standard InChI is InChI=1S/C21H22F5NO4/c1-10-16(13-5-6-14(22)17(23)18(13)30-4)19(31-20(10,2)21(24,25)26)15-8-12(28)7-11(27-15)9-29-3/h5-8,10,16,19H,9H2,1-4H3,(H,27,28)/t10-,16-,19-,20+/m0/s1. The second kappa shape index (κ2) is 8.23. The number of aromatic amines is 1. The van der Waals surface area contributed by atoms with E-state index >= 15 is 0 Å². The van der Waals surface area contributed by atoms with Crippen LogP contribution >= 0.6 is 0 Å². The quantitative estimate of drug-likeness (QED) is 0.680. The average molecular weight is 447 g/mol. The average Bonchev–Trinajstić information content (AvgIpc) is 2.96. The Morgan fingerprint density at radius 1 is 1.19 bits per heavy atom. The number of benzene rings is 1. The summed E-state index contributed by atoms with van der Waals surface area (Å²) in [6, 6.07) is 4.37. The smallest absolute Gasteiger partial charge is 0.417 e. The second-order valence-electron chi connectivity index (χ2n) is 7.67. The largest absolute Gasteiger partial charge is 0.493 e. The lowest BCUT2D eigenvalue weighted by molar-refractivity contribution is -0.275. The van der Waals surface area contributed by atoms with Gasteiger partial charge in [-0.1, -0.05) is 13.0 Å². The molecule has 31 heavy (non-hydrogen) atoms. The molecule has 1 aromatic carbocycles. The van der Waals surface area contributed by atoms with Gasteiger partial charge in [0.15, 0.2) is 22.6 Å². The van der Waals surface area contributed by atoms with Gasteiger partial charge in [0.2, 0.25) is 5.82 Å². The first-order valence-corrected chi connectivity index (χ1v) is 9.43. The number of methoxy groups -OCH3 is 2. The molecule has 1 saturated heterocycles. The van der Waals surface area contributed by atoms with Crippen LogP contribution in [0.5, 0.6) is 5.75 Å². The van der Waals surface area contributed by atoms with E-state index in [9.17, 15) is 26.7 Å². The highest BCUT2D eigenvalue weighted by Gasteiger charge is 2.65. The van der Waals surface area contributed by atoms with E-state index in [4.69, 9.17) is 14.2 Å². The molecule has 2 heterocycles. The van der Waals surface area contributed by atoms with Crippen molar-refractivity contribution < 1.29 is 36.2 Å². The van der Waals surface area contributed by atoms with E-state index in [1.54, 1.807) is 0 Å². The van der Waals surface area contributed by atoms with Crippen molar-refractivity contribution in [1.82, 2.24) is 4.98 Å². The molecule has 0 amide bonds. The van der Waals surface area contributed by atoms with Crippen LogP contribution in [-0.2, 0) is 16.1 Å². The predicted molar refractivity (Wildman–Crippen MR) is 101 cm³/mol. The molecule has 0 radical (unpaired) electrons. The summed E-state index contributed by atoms with van der Waals surface area (Å²) in [4.78, 5) is 15.0. The highest BCUT2D eigenvalue weighted by Crippen LogP contribution is 2.59. The first-order chi connectivity index (χ1) is 14.4. The summed E-state index contributed by atoms with van der Waals surface area (Å²) in [5, 5.41) is 0. The number of rotatable bonds is 5. The van der Waals surface area contributed by atoms with Crippen molar-refractivity contribution in [2.75, 3.05) is 14.2 Å². The van der Waals surface area contributed by atoms with Crippen LogP contribution in [0.1, 0.15) is 42.8 Å². The molecule has 4 atom stereocenters. The van der Waals surface area contributed by atoms with Crippen LogP contribution in [0.3, 0.4) is 0 Å². The van der Waals surface area contributed by atoms with Gasteiger partial charge in [-0.05, 0) is 13.0 Å². The number of aromatic nitrogens is 1. The summed E-state index contributed by atoms with van der Waals surface area (Å²) in [5.74, 6) is -5.35. The fourth-order valence-corrected chi connectivity index (χ4v) is 4.09. The number of pyridine rings is 1. The number of H-pyrrole nitrogens is 1. The third-order valence-corrected chi connectivity index (χ3v) is 5.84. The minimum atomic E-state index is -4.77. The van der Waals surface area contributed by atoms with Crippen molar-refractivity contribution in [3.05, 3.63) is 63.1 Å². The maximum absolute atomic E-state index is 14.4. The number of hydrogen-bond acceptors (Lipinski definition) is 4. The highest BCUT2D eigenvalue weighted by atomic mass is 19.4. The first-order valence-electron chi connectivity index (χ1n) is 9.43. The topological polar surface area (TPSA) is 60.6 Å². The lowest BCUT2D eigenvalue weighted by Crippen LogP contribution is -2.46. The predicted octanol–water partition coefficient (Wildman–Crippen LogP) is 4.62. The summed E-state index contributed by atoms with van der Waals surface area (Å²) in [6.07, 6.45) is -6.08. The minimum Gasteiger partial charge on any atom is -0.493 e. The fourth-order valence-electron chi connectivity index (χ4n) is 4.09. The molecule has 1 N–H and O–H groups in total. The van der Waals surface area contributed by atoms with Crippen LogP contribution in [0.15, 0.2) is 29.1 Å². The van der Waals surface area contributed by atoms with Gasteiger partial charge in [-0.15, -0.1) is 0 Å². The molecule has 10 heteroatoms. The van der Waals surface area contributed by atoms with Crippen molar-refractivity contribution in [2.24, 2.45) is 5.92 Å². The van der Waals surface area contributed by atoms with Gasteiger partial charge >= 0.3 is 6.18 Å². The highest BCUT2D eigenvalue weighted by molar-refractivity contribution is 5.42. The third kappa shape index (κ3) is 3.94. The van der Waals surface area contributed by atoms with Crippen LogP contribution < -0.4 is 10.2 Å². The van der Waals surface area contributed by atoms with Gasteiger partial charge in [-0.3, -0.25) is 4.79 Å². The van der Waals surface area contributed by atoms with E-state index in [1.165, 1.54) is 26.2 Å². The molecule has 170 valence electrons. The normalized spacial score (nSPS) is 26.3. The van der Waals surface area contributed by atoms with E-state index in [-0.39, 0.29) is 17.9 Å². The molecule has 0 aliphatic carbocycles. The van der Waals surface area contributed by atoms with Crippen LogP contribution in [0.4, 0.5) is 22.0 Å². The molecule has 1 aromatic heterocycles. The lowest BCUT2D eigenvalue weighted by Gasteiger charge is -2.32.